The number of carbonyl (C=O) groups is 2. The lowest BCUT2D eigenvalue weighted by Crippen LogP contribution is -1.91. The Balaban J connectivity index is 0. The van der Waals surface area contributed by atoms with Crippen LogP contribution in [0.4, 0.5) is 0 Å². The van der Waals surface area contributed by atoms with Crippen molar-refractivity contribution in [2.75, 3.05) is 7.11 Å². The Hall–Kier alpha value is -2.42. The second-order valence-electron chi connectivity index (χ2n) is 3.16. The molecule has 0 heterocycles. The van der Waals surface area contributed by atoms with Crippen LogP contribution in [0.5, 0.6) is 0 Å². The minimum Gasteiger partial charge on any atom is -0.466 e. The lowest BCUT2D eigenvalue weighted by Gasteiger charge is -1.85. The van der Waals surface area contributed by atoms with Crippen LogP contribution in [0.2, 0.25) is 0 Å². The van der Waals surface area contributed by atoms with E-state index in [0.717, 1.165) is 6.08 Å². The molecular weight excluding hydrogens is 240 g/mol. The summed E-state index contributed by atoms with van der Waals surface area (Å²) in [7, 11) is 1.31. The van der Waals surface area contributed by atoms with E-state index >= 15 is 0 Å². The Morgan fingerprint density at radius 2 is 1.53 bits per heavy atom. The number of ketones is 1. The highest BCUT2D eigenvalue weighted by Gasteiger charge is 1.82. The minimum atomic E-state index is -0.394. The predicted molar refractivity (Wildman–Crippen MR) is 79.6 cm³/mol. The summed E-state index contributed by atoms with van der Waals surface area (Å²) in [6.07, 6.45) is 4.22. The van der Waals surface area contributed by atoms with E-state index in [0.29, 0.717) is 0 Å². The molecule has 0 amide bonds. The number of methoxy groups -OCH3 is 1. The van der Waals surface area contributed by atoms with Crippen LogP contribution < -0.4 is 0 Å². The van der Waals surface area contributed by atoms with Crippen molar-refractivity contribution >= 4 is 17.8 Å². The van der Waals surface area contributed by atoms with Gasteiger partial charge in [-0.1, -0.05) is 56.1 Å². The molecule has 0 saturated carbocycles. The molecule has 0 unspecified atom stereocenters. The SMILES string of the molecule is C=CC(=O)OC.C=CC(C)=O.C=Cc1ccccc1. The maximum atomic E-state index is 9.84. The maximum absolute atomic E-state index is 9.84. The molecule has 102 valence electrons. The largest absolute Gasteiger partial charge is 0.466 e. The van der Waals surface area contributed by atoms with E-state index in [9.17, 15) is 9.59 Å². The Morgan fingerprint density at radius 1 is 1.05 bits per heavy atom. The van der Waals surface area contributed by atoms with Crippen molar-refractivity contribution in [3.05, 3.63) is 67.8 Å². The van der Waals surface area contributed by atoms with Gasteiger partial charge in [-0.2, -0.15) is 0 Å². The first-order chi connectivity index (χ1) is 9.01. The summed E-state index contributed by atoms with van der Waals surface area (Å²) >= 11 is 0. The number of ether oxygens (including phenoxy) is 1. The van der Waals surface area contributed by atoms with Gasteiger partial charge in [-0.3, -0.25) is 4.79 Å². The third kappa shape index (κ3) is 15.6. The van der Waals surface area contributed by atoms with Crippen molar-refractivity contribution < 1.29 is 14.3 Å². The summed E-state index contributed by atoms with van der Waals surface area (Å²) < 4.78 is 4.14. The van der Waals surface area contributed by atoms with E-state index in [2.05, 4.69) is 24.5 Å². The van der Waals surface area contributed by atoms with Crippen molar-refractivity contribution in [3.63, 3.8) is 0 Å². The van der Waals surface area contributed by atoms with Crippen LogP contribution in [-0.2, 0) is 14.3 Å². The zero-order valence-corrected chi connectivity index (χ0v) is 11.5. The van der Waals surface area contributed by atoms with Gasteiger partial charge in [0.05, 0.1) is 7.11 Å². The molecule has 1 rings (SSSR count). The number of benzene rings is 1. The molecule has 0 saturated heterocycles. The first-order valence-corrected chi connectivity index (χ1v) is 5.52. The molecular formula is C16H20O3. The van der Waals surface area contributed by atoms with E-state index in [-0.39, 0.29) is 5.78 Å². The van der Waals surface area contributed by atoms with Gasteiger partial charge in [0, 0.05) is 6.08 Å². The minimum absolute atomic E-state index is 0.0185. The average Bonchev–Trinajstić information content (AvgIpc) is 2.48. The molecule has 1 aromatic rings. The van der Waals surface area contributed by atoms with Gasteiger partial charge >= 0.3 is 5.97 Å². The fraction of sp³-hybridized carbons (Fsp3) is 0.125. The summed E-state index contributed by atoms with van der Waals surface area (Å²) in [6, 6.07) is 10.0. The molecule has 3 nitrogen and oxygen atoms in total. The van der Waals surface area contributed by atoms with Crippen LogP contribution in [0, 0.1) is 0 Å². The van der Waals surface area contributed by atoms with Crippen LogP contribution in [-0.4, -0.2) is 18.9 Å². The van der Waals surface area contributed by atoms with E-state index in [1.165, 1.54) is 25.7 Å². The molecule has 1 aromatic carbocycles. The third-order valence-corrected chi connectivity index (χ3v) is 1.69. The van der Waals surface area contributed by atoms with Gasteiger partial charge in [0.2, 0.25) is 0 Å². The number of allylic oxidation sites excluding steroid dienone is 1. The topological polar surface area (TPSA) is 43.4 Å². The first-order valence-electron chi connectivity index (χ1n) is 5.52. The normalized spacial score (nSPS) is 7.47. The monoisotopic (exact) mass is 260 g/mol. The van der Waals surface area contributed by atoms with Crippen molar-refractivity contribution in [1.29, 1.82) is 0 Å². The summed E-state index contributed by atoms with van der Waals surface area (Å²) in [6.45, 7) is 11.5. The molecule has 0 atom stereocenters. The Morgan fingerprint density at radius 3 is 1.68 bits per heavy atom. The van der Waals surface area contributed by atoms with Crippen molar-refractivity contribution in [2.45, 2.75) is 6.92 Å². The molecule has 0 aliphatic heterocycles. The highest BCUT2D eigenvalue weighted by molar-refractivity contribution is 5.86. The number of hydrogen-bond acceptors (Lipinski definition) is 3. The number of esters is 1. The van der Waals surface area contributed by atoms with Gasteiger partial charge in [0.1, 0.15) is 0 Å². The van der Waals surface area contributed by atoms with Crippen LogP contribution in [0.25, 0.3) is 6.08 Å². The number of carbonyl (C=O) groups excluding carboxylic acids is 2. The number of hydrogen-bond donors (Lipinski definition) is 0. The highest BCUT2D eigenvalue weighted by atomic mass is 16.5. The molecule has 0 radical (unpaired) electrons. The quantitative estimate of drug-likeness (QED) is 0.617. The lowest BCUT2D eigenvalue weighted by molar-refractivity contribution is -0.134. The smallest absolute Gasteiger partial charge is 0.329 e. The van der Waals surface area contributed by atoms with Crippen molar-refractivity contribution in [1.82, 2.24) is 0 Å². The van der Waals surface area contributed by atoms with E-state index in [4.69, 9.17) is 0 Å². The molecule has 19 heavy (non-hydrogen) atoms. The van der Waals surface area contributed by atoms with Gasteiger partial charge in [-0.15, -0.1) is 0 Å². The Bertz CT molecular complexity index is 405. The van der Waals surface area contributed by atoms with Crippen molar-refractivity contribution in [3.8, 4) is 0 Å². The van der Waals surface area contributed by atoms with Gasteiger partial charge < -0.3 is 4.74 Å². The molecule has 0 aromatic heterocycles. The predicted octanol–water partition coefficient (Wildman–Crippen LogP) is 3.44. The van der Waals surface area contributed by atoms with Crippen LogP contribution in [0.1, 0.15) is 12.5 Å². The first kappa shape index (κ1) is 18.9. The van der Waals surface area contributed by atoms with Gasteiger partial charge in [0.25, 0.3) is 0 Å². The fourth-order valence-electron chi connectivity index (χ4n) is 0.672. The number of rotatable bonds is 3. The van der Waals surface area contributed by atoms with E-state index in [1.54, 1.807) is 0 Å². The summed E-state index contributed by atoms with van der Waals surface area (Å²) in [5, 5.41) is 0. The second-order valence-corrected chi connectivity index (χ2v) is 3.16. The second kappa shape index (κ2) is 13.6. The summed E-state index contributed by atoms with van der Waals surface area (Å²) in [5.41, 5.74) is 1.17. The van der Waals surface area contributed by atoms with Crippen LogP contribution in [0.3, 0.4) is 0 Å². The van der Waals surface area contributed by atoms with Gasteiger partial charge in [0.15, 0.2) is 5.78 Å². The zero-order valence-electron chi connectivity index (χ0n) is 11.5. The highest BCUT2D eigenvalue weighted by Crippen LogP contribution is 1.97. The molecule has 0 bridgehead atoms. The Labute approximate surface area is 114 Å². The van der Waals surface area contributed by atoms with Crippen molar-refractivity contribution in [2.24, 2.45) is 0 Å². The van der Waals surface area contributed by atoms with E-state index < -0.39 is 5.97 Å². The average molecular weight is 260 g/mol. The molecule has 0 spiro atoms. The summed E-state index contributed by atoms with van der Waals surface area (Å²) in [4.78, 5) is 19.5. The van der Waals surface area contributed by atoms with Gasteiger partial charge in [-0.25, -0.2) is 4.79 Å². The summed E-state index contributed by atoms with van der Waals surface area (Å²) in [5.74, 6) is -0.375. The van der Waals surface area contributed by atoms with Crippen LogP contribution >= 0.6 is 0 Å². The zero-order chi connectivity index (χ0) is 15.1. The molecule has 0 aliphatic carbocycles. The van der Waals surface area contributed by atoms with E-state index in [1.807, 2.05) is 36.4 Å². The fourth-order valence-corrected chi connectivity index (χ4v) is 0.672. The standard InChI is InChI=1S/C8H8.C4H6O2.C4H6O/c1-2-8-6-4-3-5-7-8;1-3-4(5)6-2;1-3-4(2)5/h2-7H,1H2;3H,1H2,2H3;3H,1H2,2H3. The molecule has 3 heteroatoms. The van der Waals surface area contributed by atoms with Crippen LogP contribution in [0.15, 0.2) is 62.2 Å². The molecule has 0 aliphatic rings. The molecule has 0 fully saturated rings. The third-order valence-electron chi connectivity index (χ3n) is 1.69. The molecule has 0 N–H and O–H groups in total. The maximum Gasteiger partial charge on any atom is 0.329 e. The lowest BCUT2D eigenvalue weighted by atomic mass is 10.2. The Kier molecular flexibility index (Phi) is 13.6. The van der Waals surface area contributed by atoms with Gasteiger partial charge in [-0.05, 0) is 18.6 Å².